The van der Waals surface area contributed by atoms with Gasteiger partial charge in [0.05, 0.1) is 11.7 Å². The van der Waals surface area contributed by atoms with Gasteiger partial charge in [0.2, 0.25) is 0 Å². The van der Waals surface area contributed by atoms with Gasteiger partial charge in [-0.25, -0.2) is 0 Å². The minimum atomic E-state index is 0.0153. The maximum absolute atomic E-state index is 4.48. The van der Waals surface area contributed by atoms with Crippen LogP contribution in [0.2, 0.25) is 0 Å². The summed E-state index contributed by atoms with van der Waals surface area (Å²) in [4.78, 5) is 0. The summed E-state index contributed by atoms with van der Waals surface area (Å²) < 4.78 is 2.17. The molecule has 0 N–H and O–H groups in total. The van der Waals surface area contributed by atoms with Gasteiger partial charge in [-0.15, -0.1) is 5.10 Å². The van der Waals surface area contributed by atoms with Gasteiger partial charge in [-0.2, -0.15) is 5.10 Å². The second-order valence-corrected chi connectivity index (χ2v) is 8.03. The SMILES string of the molecule is CC1(C)c2ccccc2-c2c1ccc1c2ccn1-c1nncc2ccccc12. The van der Waals surface area contributed by atoms with Crippen molar-refractivity contribution in [3.63, 3.8) is 0 Å². The predicted molar refractivity (Wildman–Crippen MR) is 114 cm³/mol. The van der Waals surface area contributed by atoms with Crippen LogP contribution in [0.4, 0.5) is 0 Å². The van der Waals surface area contributed by atoms with E-state index in [9.17, 15) is 0 Å². The number of rotatable bonds is 1. The molecule has 0 unspecified atom stereocenters. The maximum Gasteiger partial charge on any atom is 0.167 e. The molecule has 3 aromatic carbocycles. The lowest BCUT2D eigenvalue weighted by molar-refractivity contribution is 0.661. The zero-order chi connectivity index (χ0) is 18.9. The summed E-state index contributed by atoms with van der Waals surface area (Å²) in [6.45, 7) is 4.63. The first-order valence-electron chi connectivity index (χ1n) is 9.61. The minimum Gasteiger partial charge on any atom is -0.299 e. The molecule has 3 heteroatoms. The Kier molecular flexibility index (Phi) is 2.95. The molecule has 0 spiro atoms. The molecule has 0 saturated carbocycles. The van der Waals surface area contributed by atoms with E-state index in [-0.39, 0.29) is 5.41 Å². The highest BCUT2D eigenvalue weighted by Crippen LogP contribution is 2.51. The van der Waals surface area contributed by atoms with Gasteiger partial charge in [-0.3, -0.25) is 4.57 Å². The van der Waals surface area contributed by atoms with Crippen LogP contribution in [-0.2, 0) is 5.41 Å². The fourth-order valence-electron chi connectivity index (χ4n) is 4.79. The summed E-state index contributed by atoms with van der Waals surface area (Å²) in [6, 6.07) is 23.8. The Morgan fingerprint density at radius 2 is 1.61 bits per heavy atom. The smallest absolute Gasteiger partial charge is 0.167 e. The molecule has 5 aromatic rings. The van der Waals surface area contributed by atoms with E-state index in [0.717, 1.165) is 22.1 Å². The standard InChI is InChI=1S/C25H19N3/c1-25(2)20-10-6-5-9-18(20)23-19-13-14-28(22(19)12-11-21(23)25)24-17-8-4-3-7-16(17)15-26-27-24/h3-15H,1-2H3. The third-order valence-electron chi connectivity index (χ3n) is 6.19. The molecule has 0 fully saturated rings. The molecule has 0 amide bonds. The van der Waals surface area contributed by atoms with Crippen molar-refractivity contribution in [1.29, 1.82) is 0 Å². The molecular formula is C25H19N3. The van der Waals surface area contributed by atoms with Crippen molar-refractivity contribution in [3.8, 4) is 16.9 Å². The maximum atomic E-state index is 4.48. The van der Waals surface area contributed by atoms with Gasteiger partial charge in [0.25, 0.3) is 0 Å². The van der Waals surface area contributed by atoms with Gasteiger partial charge in [0.1, 0.15) is 0 Å². The Morgan fingerprint density at radius 3 is 2.54 bits per heavy atom. The van der Waals surface area contributed by atoms with Crippen molar-refractivity contribution < 1.29 is 0 Å². The zero-order valence-corrected chi connectivity index (χ0v) is 15.8. The first-order chi connectivity index (χ1) is 13.7. The highest BCUT2D eigenvalue weighted by Gasteiger charge is 2.36. The molecule has 2 aromatic heterocycles. The highest BCUT2D eigenvalue weighted by atomic mass is 15.2. The van der Waals surface area contributed by atoms with Gasteiger partial charge in [0.15, 0.2) is 5.82 Å². The van der Waals surface area contributed by atoms with E-state index < -0.39 is 0 Å². The number of hydrogen-bond donors (Lipinski definition) is 0. The molecule has 6 rings (SSSR count). The van der Waals surface area contributed by atoms with Gasteiger partial charge in [0, 0.05) is 27.8 Å². The van der Waals surface area contributed by atoms with Gasteiger partial charge >= 0.3 is 0 Å². The van der Waals surface area contributed by atoms with Crippen molar-refractivity contribution in [2.75, 3.05) is 0 Å². The number of benzene rings is 3. The van der Waals surface area contributed by atoms with Crippen molar-refractivity contribution in [2.24, 2.45) is 0 Å². The molecule has 0 atom stereocenters. The van der Waals surface area contributed by atoms with E-state index >= 15 is 0 Å². The van der Waals surface area contributed by atoms with Crippen molar-refractivity contribution in [1.82, 2.24) is 14.8 Å². The monoisotopic (exact) mass is 361 g/mol. The number of fused-ring (bicyclic) bond motifs is 6. The topological polar surface area (TPSA) is 30.7 Å². The number of nitrogens with zero attached hydrogens (tertiary/aromatic N) is 3. The van der Waals surface area contributed by atoms with E-state index in [1.54, 1.807) is 0 Å². The van der Waals surface area contributed by atoms with Crippen LogP contribution in [0.25, 0.3) is 38.6 Å². The summed E-state index contributed by atoms with van der Waals surface area (Å²) in [5, 5.41) is 12.2. The Balaban J connectivity index is 1.69. The summed E-state index contributed by atoms with van der Waals surface area (Å²) in [6.07, 6.45) is 3.94. The Morgan fingerprint density at radius 1 is 0.786 bits per heavy atom. The van der Waals surface area contributed by atoms with Crippen LogP contribution in [-0.4, -0.2) is 14.8 Å². The number of hydrogen-bond acceptors (Lipinski definition) is 2. The Bertz CT molecular complexity index is 1390. The van der Waals surface area contributed by atoms with Gasteiger partial charge in [-0.1, -0.05) is 68.4 Å². The summed E-state index contributed by atoms with van der Waals surface area (Å²) >= 11 is 0. The molecule has 0 radical (unpaired) electrons. The lowest BCUT2D eigenvalue weighted by atomic mass is 9.82. The van der Waals surface area contributed by atoms with Crippen LogP contribution >= 0.6 is 0 Å². The quantitative estimate of drug-likeness (QED) is 0.373. The first kappa shape index (κ1) is 15.6. The predicted octanol–water partition coefficient (Wildman–Crippen LogP) is 5.88. The zero-order valence-electron chi connectivity index (χ0n) is 15.8. The van der Waals surface area contributed by atoms with Gasteiger partial charge in [-0.05, 0) is 34.4 Å². The van der Waals surface area contributed by atoms with E-state index in [1.807, 2.05) is 12.3 Å². The molecule has 1 aliphatic carbocycles. The third kappa shape index (κ3) is 1.88. The van der Waals surface area contributed by atoms with Gasteiger partial charge < -0.3 is 0 Å². The highest BCUT2D eigenvalue weighted by molar-refractivity contribution is 6.02. The summed E-state index contributed by atoms with van der Waals surface area (Å²) in [5.41, 5.74) is 6.66. The van der Waals surface area contributed by atoms with E-state index in [0.29, 0.717) is 0 Å². The van der Waals surface area contributed by atoms with E-state index in [4.69, 9.17) is 0 Å². The number of aromatic nitrogens is 3. The molecule has 28 heavy (non-hydrogen) atoms. The fourth-order valence-corrected chi connectivity index (χ4v) is 4.79. The van der Waals surface area contributed by atoms with Crippen LogP contribution in [0.15, 0.2) is 79.1 Å². The first-order valence-corrected chi connectivity index (χ1v) is 9.61. The Labute approximate surface area is 163 Å². The molecule has 0 bridgehead atoms. The Hall–Kier alpha value is -3.46. The molecule has 134 valence electrons. The van der Waals surface area contributed by atoms with Crippen LogP contribution in [0.1, 0.15) is 25.0 Å². The van der Waals surface area contributed by atoms with E-state index in [1.165, 1.54) is 27.6 Å². The second kappa shape index (κ2) is 5.29. The average Bonchev–Trinajstić information content (AvgIpc) is 3.25. The average molecular weight is 361 g/mol. The van der Waals surface area contributed by atoms with Crippen LogP contribution in [0.3, 0.4) is 0 Å². The minimum absolute atomic E-state index is 0.0153. The van der Waals surface area contributed by atoms with Crippen molar-refractivity contribution >= 4 is 21.7 Å². The van der Waals surface area contributed by atoms with Crippen molar-refractivity contribution in [2.45, 2.75) is 19.3 Å². The lowest BCUT2D eigenvalue weighted by Gasteiger charge is -2.21. The van der Waals surface area contributed by atoms with Crippen LogP contribution < -0.4 is 0 Å². The lowest BCUT2D eigenvalue weighted by Crippen LogP contribution is -2.14. The molecule has 0 saturated heterocycles. The van der Waals surface area contributed by atoms with Crippen LogP contribution in [0.5, 0.6) is 0 Å². The molecule has 3 nitrogen and oxygen atoms in total. The summed E-state index contributed by atoms with van der Waals surface area (Å²) in [5.74, 6) is 0.874. The second-order valence-electron chi connectivity index (χ2n) is 8.03. The van der Waals surface area contributed by atoms with E-state index in [2.05, 4.69) is 95.5 Å². The molecule has 0 aliphatic heterocycles. The normalized spacial score (nSPS) is 14.4. The molecule has 1 aliphatic rings. The summed E-state index contributed by atoms with van der Waals surface area (Å²) in [7, 11) is 0. The molecular weight excluding hydrogens is 342 g/mol. The fraction of sp³-hybridized carbons (Fsp3) is 0.120. The van der Waals surface area contributed by atoms with Crippen molar-refractivity contribution in [3.05, 3.63) is 90.3 Å². The third-order valence-corrected chi connectivity index (χ3v) is 6.19. The van der Waals surface area contributed by atoms with Crippen LogP contribution in [0, 0.1) is 0 Å². The largest absolute Gasteiger partial charge is 0.299 e. The molecule has 2 heterocycles.